The molecule has 3 aromatic rings. The second-order valence-corrected chi connectivity index (χ2v) is 9.66. The third-order valence-corrected chi connectivity index (χ3v) is 7.74. The lowest BCUT2D eigenvalue weighted by Crippen LogP contribution is -2.52. The van der Waals surface area contributed by atoms with Gasteiger partial charge >= 0.3 is 0 Å². The average Bonchev–Trinajstić information content (AvgIpc) is 2.85. The number of rotatable bonds is 5. The summed E-state index contributed by atoms with van der Waals surface area (Å²) in [5.74, 6) is -0.113. The van der Waals surface area contributed by atoms with Gasteiger partial charge < -0.3 is 10.2 Å². The molecule has 0 saturated carbocycles. The second kappa shape index (κ2) is 9.37. The van der Waals surface area contributed by atoms with Gasteiger partial charge in [-0.25, -0.2) is 0 Å². The fourth-order valence-electron chi connectivity index (χ4n) is 5.49. The van der Waals surface area contributed by atoms with Crippen molar-refractivity contribution in [3.63, 3.8) is 0 Å². The molecule has 1 fully saturated rings. The Morgan fingerprint density at radius 2 is 1.82 bits per heavy atom. The molecule has 4 nitrogen and oxygen atoms in total. The molecule has 170 valence electrons. The van der Waals surface area contributed by atoms with Crippen molar-refractivity contribution in [2.24, 2.45) is 5.92 Å². The number of nitrogens with zero attached hydrogens (tertiary/aromatic N) is 2. The van der Waals surface area contributed by atoms with Crippen molar-refractivity contribution in [2.75, 3.05) is 13.6 Å². The quantitative estimate of drug-likeness (QED) is 0.565. The fourth-order valence-corrected chi connectivity index (χ4v) is 5.49. The molecule has 1 heterocycles. The van der Waals surface area contributed by atoms with Gasteiger partial charge in [0.1, 0.15) is 0 Å². The van der Waals surface area contributed by atoms with E-state index in [4.69, 9.17) is 0 Å². The summed E-state index contributed by atoms with van der Waals surface area (Å²) in [6.07, 6.45) is 1.90. The maximum atomic E-state index is 13.7. The lowest BCUT2D eigenvalue weighted by Gasteiger charge is -2.48. The van der Waals surface area contributed by atoms with E-state index in [2.05, 4.69) is 67.5 Å². The summed E-state index contributed by atoms with van der Waals surface area (Å²) >= 11 is 0. The number of hydrogen-bond acceptors (Lipinski definition) is 3. The van der Waals surface area contributed by atoms with E-state index in [1.54, 1.807) is 0 Å². The van der Waals surface area contributed by atoms with Crippen molar-refractivity contribution in [3.05, 3.63) is 83.4 Å². The summed E-state index contributed by atoms with van der Waals surface area (Å²) in [5, 5.41) is 14.9. The van der Waals surface area contributed by atoms with E-state index < -0.39 is 0 Å². The minimum Gasteiger partial charge on any atom is -0.349 e. The van der Waals surface area contributed by atoms with Crippen LogP contribution in [0, 0.1) is 17.2 Å². The van der Waals surface area contributed by atoms with Gasteiger partial charge in [-0.15, -0.1) is 0 Å². The molecule has 0 spiro atoms. The van der Waals surface area contributed by atoms with Gasteiger partial charge in [-0.05, 0) is 74.3 Å². The Hall–Kier alpha value is -3.16. The summed E-state index contributed by atoms with van der Waals surface area (Å²) in [4.78, 5) is 16.1. The number of amides is 1. The van der Waals surface area contributed by atoms with Crippen LogP contribution in [0.4, 0.5) is 0 Å². The molecule has 4 unspecified atom stereocenters. The summed E-state index contributed by atoms with van der Waals surface area (Å²) in [6, 6.07) is 24.9. The summed E-state index contributed by atoms with van der Waals surface area (Å²) < 4.78 is 0. The van der Waals surface area contributed by atoms with E-state index in [9.17, 15) is 10.1 Å². The Bertz CT molecular complexity index is 1180. The third kappa shape index (κ3) is 4.38. The van der Waals surface area contributed by atoms with Crippen LogP contribution in [-0.4, -0.2) is 30.4 Å². The van der Waals surface area contributed by atoms with Gasteiger partial charge in [0.15, 0.2) is 0 Å². The van der Waals surface area contributed by atoms with E-state index in [1.165, 1.54) is 5.56 Å². The lowest BCUT2D eigenvalue weighted by molar-refractivity contribution is -0.128. The highest BCUT2D eigenvalue weighted by atomic mass is 16.2. The number of likely N-dealkylation sites (tertiary alicyclic amines) is 1. The summed E-state index contributed by atoms with van der Waals surface area (Å²) in [5.41, 5.74) is 2.64. The SMILES string of the molecule is CC(NC(=O)C(C)C1(c2ccccc2)CCN(C)C(C)C1)c1cc(C#N)cc2ccccc12. The molecule has 0 radical (unpaired) electrons. The maximum Gasteiger partial charge on any atom is 0.224 e. The molecule has 3 aromatic carbocycles. The molecule has 0 aromatic heterocycles. The van der Waals surface area contributed by atoms with Crippen LogP contribution in [0.1, 0.15) is 56.3 Å². The number of piperidine rings is 1. The van der Waals surface area contributed by atoms with E-state index in [-0.39, 0.29) is 23.3 Å². The highest BCUT2D eigenvalue weighted by molar-refractivity contribution is 5.88. The Morgan fingerprint density at radius 1 is 1.12 bits per heavy atom. The predicted molar refractivity (Wildman–Crippen MR) is 134 cm³/mol. The van der Waals surface area contributed by atoms with Crippen molar-refractivity contribution < 1.29 is 4.79 Å². The van der Waals surface area contributed by atoms with Crippen LogP contribution in [0.3, 0.4) is 0 Å². The molecule has 1 amide bonds. The first-order chi connectivity index (χ1) is 15.9. The minimum atomic E-state index is -0.201. The molecule has 0 aliphatic carbocycles. The van der Waals surface area contributed by atoms with E-state index in [0.717, 1.165) is 35.7 Å². The van der Waals surface area contributed by atoms with Crippen molar-refractivity contribution in [1.29, 1.82) is 5.26 Å². The topological polar surface area (TPSA) is 56.1 Å². The third-order valence-electron chi connectivity index (χ3n) is 7.74. The standard InChI is InChI=1S/C29H33N3O/c1-20-18-29(14-15-32(20)4,25-11-6-5-7-12-25)21(2)28(33)31-22(3)27-17-23(19-30)16-24-10-8-9-13-26(24)27/h5-13,16-17,20-22H,14-15,18H2,1-4H3,(H,31,33). The molecule has 1 saturated heterocycles. The van der Waals surface area contributed by atoms with Crippen LogP contribution in [0.25, 0.3) is 10.8 Å². The van der Waals surface area contributed by atoms with Crippen molar-refractivity contribution in [3.8, 4) is 6.07 Å². The molecule has 4 rings (SSSR count). The Balaban J connectivity index is 1.65. The number of hydrogen-bond donors (Lipinski definition) is 1. The highest BCUT2D eigenvalue weighted by Gasteiger charge is 2.45. The smallest absolute Gasteiger partial charge is 0.224 e. The fraction of sp³-hybridized carbons (Fsp3) is 0.379. The lowest BCUT2D eigenvalue weighted by atomic mass is 9.63. The van der Waals surface area contributed by atoms with Crippen LogP contribution in [0.5, 0.6) is 0 Å². The van der Waals surface area contributed by atoms with Gasteiger partial charge in [0.2, 0.25) is 5.91 Å². The van der Waals surface area contributed by atoms with Crippen molar-refractivity contribution in [1.82, 2.24) is 10.2 Å². The molecule has 33 heavy (non-hydrogen) atoms. The van der Waals surface area contributed by atoms with Gasteiger partial charge in [0.25, 0.3) is 0 Å². The van der Waals surface area contributed by atoms with E-state index in [0.29, 0.717) is 11.6 Å². The maximum absolute atomic E-state index is 13.7. The van der Waals surface area contributed by atoms with Crippen LogP contribution in [-0.2, 0) is 10.2 Å². The van der Waals surface area contributed by atoms with E-state index >= 15 is 0 Å². The minimum absolute atomic E-state index is 0.0644. The van der Waals surface area contributed by atoms with Crippen molar-refractivity contribution >= 4 is 16.7 Å². The first-order valence-corrected chi connectivity index (χ1v) is 11.8. The number of nitriles is 1. The van der Waals surface area contributed by atoms with Crippen LogP contribution >= 0.6 is 0 Å². The van der Waals surface area contributed by atoms with E-state index in [1.807, 2.05) is 43.3 Å². The predicted octanol–water partition coefficient (Wildman–Crippen LogP) is 5.58. The number of carbonyl (C=O) groups is 1. The molecule has 4 atom stereocenters. The second-order valence-electron chi connectivity index (χ2n) is 9.66. The largest absolute Gasteiger partial charge is 0.349 e. The first kappa shape index (κ1) is 23.0. The van der Waals surface area contributed by atoms with Gasteiger partial charge in [-0.3, -0.25) is 4.79 Å². The number of fused-ring (bicyclic) bond motifs is 1. The molecular weight excluding hydrogens is 406 g/mol. The Morgan fingerprint density at radius 3 is 2.52 bits per heavy atom. The average molecular weight is 440 g/mol. The van der Waals surface area contributed by atoms with Gasteiger partial charge in [-0.2, -0.15) is 5.26 Å². The van der Waals surface area contributed by atoms with Gasteiger partial charge in [-0.1, -0.05) is 61.5 Å². The molecule has 1 aliphatic heterocycles. The monoisotopic (exact) mass is 439 g/mol. The highest BCUT2D eigenvalue weighted by Crippen LogP contribution is 2.44. The molecule has 0 bridgehead atoms. The summed E-state index contributed by atoms with van der Waals surface area (Å²) in [6.45, 7) is 7.32. The van der Waals surface area contributed by atoms with Crippen LogP contribution < -0.4 is 5.32 Å². The molecule has 4 heteroatoms. The van der Waals surface area contributed by atoms with Gasteiger partial charge in [0.05, 0.1) is 17.7 Å². The number of carbonyl (C=O) groups excluding carboxylic acids is 1. The van der Waals surface area contributed by atoms with Crippen LogP contribution in [0.15, 0.2) is 66.7 Å². The van der Waals surface area contributed by atoms with Gasteiger partial charge in [0, 0.05) is 17.4 Å². The molecular formula is C29H33N3O. The molecule has 1 aliphatic rings. The zero-order chi connectivity index (χ0) is 23.6. The Kier molecular flexibility index (Phi) is 6.54. The molecule has 1 N–H and O–H groups in total. The Labute approximate surface area is 197 Å². The number of nitrogens with one attached hydrogen (secondary N) is 1. The number of benzene rings is 3. The zero-order valence-corrected chi connectivity index (χ0v) is 20.0. The zero-order valence-electron chi connectivity index (χ0n) is 20.0. The summed E-state index contributed by atoms with van der Waals surface area (Å²) in [7, 11) is 2.17. The normalized spacial score (nSPS) is 22.9. The van der Waals surface area contributed by atoms with Crippen molar-refractivity contribution in [2.45, 2.75) is 51.1 Å². The first-order valence-electron chi connectivity index (χ1n) is 11.8. The van der Waals surface area contributed by atoms with Crippen LogP contribution in [0.2, 0.25) is 0 Å².